The molecule has 1 saturated heterocycles. The summed E-state index contributed by atoms with van der Waals surface area (Å²) in [5, 5.41) is 3.87. The first-order valence-corrected chi connectivity index (χ1v) is 7.89. The highest BCUT2D eigenvalue weighted by Crippen LogP contribution is 2.26. The summed E-state index contributed by atoms with van der Waals surface area (Å²) in [5.41, 5.74) is 5.61. The van der Waals surface area contributed by atoms with Crippen LogP contribution in [0, 0.1) is 0 Å². The second kappa shape index (κ2) is 4.62. The van der Waals surface area contributed by atoms with Gasteiger partial charge in [-0.3, -0.25) is 0 Å². The van der Waals surface area contributed by atoms with Crippen LogP contribution in [0.3, 0.4) is 0 Å². The van der Waals surface area contributed by atoms with Gasteiger partial charge in [0.2, 0.25) is 5.89 Å². The molecule has 1 aromatic rings. The molecule has 0 amide bonds. The number of rotatable bonds is 4. The maximum Gasteiger partial charge on any atom is 0.226 e. The van der Waals surface area contributed by atoms with E-state index in [0.717, 1.165) is 6.42 Å². The molecule has 2 heterocycles. The van der Waals surface area contributed by atoms with Gasteiger partial charge in [0.25, 0.3) is 0 Å². The standard InChI is InChI=1S/C11H19N3O3S/c1-11(2,12)5-3-9-13-10(14-17-9)8-4-6-18(15,16)7-8/h8H,3-7,12H2,1-2H3. The van der Waals surface area contributed by atoms with E-state index in [1.54, 1.807) is 0 Å². The van der Waals surface area contributed by atoms with E-state index < -0.39 is 9.84 Å². The van der Waals surface area contributed by atoms with Crippen molar-refractivity contribution >= 4 is 9.84 Å². The van der Waals surface area contributed by atoms with Gasteiger partial charge in [0.1, 0.15) is 0 Å². The van der Waals surface area contributed by atoms with Crippen LogP contribution in [-0.4, -0.2) is 35.6 Å². The Kier molecular flexibility index (Phi) is 3.46. The molecule has 102 valence electrons. The smallest absolute Gasteiger partial charge is 0.226 e. The van der Waals surface area contributed by atoms with Gasteiger partial charge in [0.05, 0.1) is 11.5 Å². The number of nitrogens with two attached hydrogens (primary N) is 1. The van der Waals surface area contributed by atoms with Gasteiger partial charge in [-0.05, 0) is 26.7 Å². The number of aryl methyl sites for hydroxylation is 1. The van der Waals surface area contributed by atoms with Crippen molar-refractivity contribution in [1.29, 1.82) is 0 Å². The molecule has 0 aromatic carbocycles. The fourth-order valence-electron chi connectivity index (χ4n) is 1.96. The van der Waals surface area contributed by atoms with E-state index in [0.29, 0.717) is 24.6 Å². The Morgan fingerprint density at radius 2 is 2.22 bits per heavy atom. The number of sulfone groups is 1. The minimum atomic E-state index is -2.91. The zero-order valence-corrected chi connectivity index (χ0v) is 11.5. The molecule has 2 rings (SSSR count). The van der Waals surface area contributed by atoms with Gasteiger partial charge in [0, 0.05) is 17.9 Å². The molecule has 0 aliphatic carbocycles. The Bertz CT molecular complexity index is 516. The van der Waals surface area contributed by atoms with Crippen molar-refractivity contribution in [1.82, 2.24) is 10.1 Å². The van der Waals surface area contributed by atoms with E-state index in [1.807, 2.05) is 13.8 Å². The fourth-order valence-corrected chi connectivity index (χ4v) is 3.70. The summed E-state index contributed by atoms with van der Waals surface area (Å²) in [6, 6.07) is 0. The molecule has 1 fully saturated rings. The quantitative estimate of drug-likeness (QED) is 0.864. The average molecular weight is 273 g/mol. The lowest BCUT2D eigenvalue weighted by atomic mass is 10.0. The van der Waals surface area contributed by atoms with Crippen molar-refractivity contribution < 1.29 is 12.9 Å². The van der Waals surface area contributed by atoms with Gasteiger partial charge in [-0.1, -0.05) is 5.16 Å². The van der Waals surface area contributed by atoms with Gasteiger partial charge in [0.15, 0.2) is 15.7 Å². The zero-order valence-electron chi connectivity index (χ0n) is 10.7. The number of nitrogens with zero attached hydrogens (tertiary/aromatic N) is 2. The van der Waals surface area contributed by atoms with Crippen LogP contribution >= 0.6 is 0 Å². The Balaban J connectivity index is 1.99. The molecule has 2 N–H and O–H groups in total. The SMILES string of the molecule is CC(C)(N)CCc1nc(C2CCS(=O)(=O)C2)no1. The van der Waals surface area contributed by atoms with Crippen LogP contribution < -0.4 is 5.73 Å². The second-order valence-electron chi connectivity index (χ2n) is 5.63. The van der Waals surface area contributed by atoms with E-state index in [9.17, 15) is 8.42 Å². The molecule has 0 bridgehead atoms. The van der Waals surface area contributed by atoms with Crippen molar-refractivity contribution in [3.8, 4) is 0 Å². The molecule has 1 aromatic heterocycles. The van der Waals surface area contributed by atoms with Crippen molar-refractivity contribution in [2.24, 2.45) is 5.73 Å². The van der Waals surface area contributed by atoms with E-state index in [4.69, 9.17) is 10.3 Å². The summed E-state index contributed by atoms with van der Waals surface area (Å²) >= 11 is 0. The van der Waals surface area contributed by atoms with Gasteiger partial charge < -0.3 is 10.3 Å². The maximum atomic E-state index is 11.4. The van der Waals surface area contributed by atoms with E-state index in [-0.39, 0.29) is 23.0 Å². The fraction of sp³-hybridized carbons (Fsp3) is 0.818. The average Bonchev–Trinajstić information content (AvgIpc) is 2.80. The van der Waals surface area contributed by atoms with E-state index >= 15 is 0 Å². The number of aromatic nitrogens is 2. The Morgan fingerprint density at radius 1 is 1.50 bits per heavy atom. The molecule has 0 radical (unpaired) electrons. The molecule has 1 unspecified atom stereocenters. The first-order valence-electron chi connectivity index (χ1n) is 6.07. The normalized spacial score (nSPS) is 23.4. The Morgan fingerprint density at radius 3 is 2.78 bits per heavy atom. The minimum Gasteiger partial charge on any atom is -0.339 e. The molecular formula is C11H19N3O3S. The highest BCUT2D eigenvalue weighted by Gasteiger charge is 2.32. The summed E-state index contributed by atoms with van der Waals surface area (Å²) in [7, 11) is -2.91. The first kappa shape index (κ1) is 13.5. The zero-order chi connectivity index (χ0) is 13.4. The topological polar surface area (TPSA) is 99.1 Å². The third-order valence-corrected chi connectivity index (χ3v) is 4.83. The molecule has 0 spiro atoms. The van der Waals surface area contributed by atoms with E-state index in [1.165, 1.54) is 0 Å². The molecule has 1 aliphatic rings. The molecule has 1 aliphatic heterocycles. The number of hydrogen-bond donors (Lipinski definition) is 1. The summed E-state index contributed by atoms with van der Waals surface area (Å²) in [4.78, 5) is 4.26. The summed E-state index contributed by atoms with van der Waals surface area (Å²) in [6.07, 6.45) is 1.96. The maximum absolute atomic E-state index is 11.4. The minimum absolute atomic E-state index is 0.113. The highest BCUT2D eigenvalue weighted by atomic mass is 32.2. The third kappa shape index (κ3) is 3.52. The van der Waals surface area contributed by atoms with Crippen LogP contribution in [0.15, 0.2) is 4.52 Å². The van der Waals surface area contributed by atoms with Gasteiger partial charge in [-0.15, -0.1) is 0 Å². The summed E-state index contributed by atoms with van der Waals surface area (Å²) in [6.45, 7) is 3.88. The van der Waals surface area contributed by atoms with Gasteiger partial charge in [-0.25, -0.2) is 8.42 Å². The monoisotopic (exact) mass is 273 g/mol. The molecule has 0 saturated carbocycles. The second-order valence-corrected chi connectivity index (χ2v) is 7.86. The van der Waals surface area contributed by atoms with Crippen molar-refractivity contribution in [3.05, 3.63) is 11.7 Å². The molecule has 1 atom stereocenters. The lowest BCUT2D eigenvalue weighted by Gasteiger charge is -2.16. The molecule has 7 heteroatoms. The molecular weight excluding hydrogens is 254 g/mol. The van der Waals surface area contributed by atoms with Crippen LogP contribution in [0.5, 0.6) is 0 Å². The Labute approximate surface area is 107 Å². The summed E-state index contributed by atoms with van der Waals surface area (Å²) in [5.74, 6) is 1.29. The van der Waals surface area contributed by atoms with Crippen LogP contribution in [0.1, 0.15) is 44.3 Å². The Hall–Kier alpha value is -0.950. The lowest BCUT2D eigenvalue weighted by Crippen LogP contribution is -2.32. The highest BCUT2D eigenvalue weighted by molar-refractivity contribution is 7.91. The van der Waals surface area contributed by atoms with Crippen LogP contribution in [0.4, 0.5) is 0 Å². The van der Waals surface area contributed by atoms with Crippen LogP contribution in [-0.2, 0) is 16.3 Å². The van der Waals surface area contributed by atoms with Crippen molar-refractivity contribution in [2.75, 3.05) is 11.5 Å². The number of hydrogen-bond acceptors (Lipinski definition) is 6. The lowest BCUT2D eigenvalue weighted by molar-refractivity contribution is 0.353. The third-order valence-electron chi connectivity index (χ3n) is 3.06. The molecule has 18 heavy (non-hydrogen) atoms. The van der Waals surface area contributed by atoms with Crippen LogP contribution in [0.25, 0.3) is 0 Å². The predicted octanol–water partition coefficient (Wildman–Crippen LogP) is 0.642. The molecule has 6 nitrogen and oxygen atoms in total. The van der Waals surface area contributed by atoms with Gasteiger partial charge in [-0.2, -0.15) is 4.98 Å². The predicted molar refractivity (Wildman–Crippen MR) is 66.9 cm³/mol. The summed E-state index contributed by atoms with van der Waals surface area (Å²) < 4.78 is 27.9. The van der Waals surface area contributed by atoms with Gasteiger partial charge >= 0.3 is 0 Å². The van der Waals surface area contributed by atoms with Crippen molar-refractivity contribution in [2.45, 2.75) is 44.6 Å². The van der Waals surface area contributed by atoms with Crippen LogP contribution in [0.2, 0.25) is 0 Å². The largest absolute Gasteiger partial charge is 0.339 e. The van der Waals surface area contributed by atoms with E-state index in [2.05, 4.69) is 10.1 Å². The van der Waals surface area contributed by atoms with Crippen molar-refractivity contribution in [3.63, 3.8) is 0 Å². The first-order chi connectivity index (χ1) is 8.25.